The molecule has 32 heavy (non-hydrogen) atoms. The second kappa shape index (κ2) is 8.30. The van der Waals surface area contributed by atoms with Crippen LogP contribution in [0.1, 0.15) is 28.4 Å². The van der Waals surface area contributed by atoms with Crippen molar-refractivity contribution in [3.8, 4) is 0 Å². The quantitative estimate of drug-likeness (QED) is 0.669. The molecule has 2 aromatic heterocycles. The number of amides is 3. The van der Waals surface area contributed by atoms with E-state index in [1.807, 2.05) is 29.2 Å². The van der Waals surface area contributed by atoms with Gasteiger partial charge >= 0.3 is 6.03 Å². The van der Waals surface area contributed by atoms with E-state index in [-0.39, 0.29) is 29.0 Å². The number of nitrogens with one attached hydrogen (secondary N) is 2. The maximum Gasteiger partial charge on any atom is 0.323 e. The third-order valence-electron chi connectivity index (χ3n) is 6.08. The van der Waals surface area contributed by atoms with Crippen LogP contribution in [0.4, 0.5) is 16.2 Å². The average molecular weight is 429 g/mol. The number of aromatic nitrogens is 2. The summed E-state index contributed by atoms with van der Waals surface area (Å²) in [6.45, 7) is 1.69. The van der Waals surface area contributed by atoms with E-state index >= 15 is 0 Å². The molecule has 5 rings (SSSR count). The first-order valence-electron chi connectivity index (χ1n) is 10.6. The smallest absolute Gasteiger partial charge is 0.323 e. The molecule has 2 N–H and O–H groups in total. The van der Waals surface area contributed by atoms with Crippen LogP contribution in [-0.4, -0.2) is 39.5 Å². The Hall–Kier alpha value is -3.94. The lowest BCUT2D eigenvalue weighted by molar-refractivity contribution is 0.0594. The Morgan fingerprint density at radius 1 is 0.938 bits per heavy atom. The average Bonchev–Trinajstić information content (AvgIpc) is 2.82. The zero-order valence-corrected chi connectivity index (χ0v) is 17.4. The Labute approximate surface area is 184 Å². The lowest BCUT2D eigenvalue weighted by atomic mass is 9.83. The predicted octanol–water partition coefficient (Wildman–Crippen LogP) is 3.15. The van der Waals surface area contributed by atoms with Crippen molar-refractivity contribution in [3.05, 3.63) is 88.6 Å². The molecule has 2 aliphatic heterocycles. The van der Waals surface area contributed by atoms with Crippen LogP contribution in [0.2, 0.25) is 0 Å². The first-order valence-corrected chi connectivity index (χ1v) is 10.6. The molecule has 2 bridgehead atoms. The number of likely N-dealkylation sites (tertiary alicyclic amines) is 1. The number of rotatable bonds is 3. The fourth-order valence-electron chi connectivity index (χ4n) is 4.68. The molecule has 3 amide bonds. The number of nitrogens with zero attached hydrogens (tertiary/aromatic N) is 3. The van der Waals surface area contributed by atoms with Crippen LogP contribution in [-0.2, 0) is 6.54 Å². The number of para-hydroxylation sites is 1. The molecule has 2 atom stereocenters. The van der Waals surface area contributed by atoms with Gasteiger partial charge in [0, 0.05) is 49.3 Å². The summed E-state index contributed by atoms with van der Waals surface area (Å²) in [5.74, 6) is 0.246. The summed E-state index contributed by atoms with van der Waals surface area (Å²) in [5, 5.41) is 5.39. The van der Waals surface area contributed by atoms with Gasteiger partial charge in [-0.05, 0) is 48.7 Å². The van der Waals surface area contributed by atoms with Gasteiger partial charge in [-0.2, -0.15) is 0 Å². The third kappa shape index (κ3) is 3.87. The normalized spacial score (nSPS) is 19.1. The molecular weight excluding hydrogens is 406 g/mol. The maximum absolute atomic E-state index is 13.1. The molecule has 1 saturated heterocycles. The van der Waals surface area contributed by atoms with Crippen LogP contribution in [0.5, 0.6) is 0 Å². The van der Waals surface area contributed by atoms with Gasteiger partial charge in [-0.3, -0.25) is 14.6 Å². The highest BCUT2D eigenvalue weighted by atomic mass is 16.2. The molecule has 3 aromatic rings. The lowest BCUT2D eigenvalue weighted by Gasteiger charge is -2.42. The molecular formula is C24H23N5O3. The van der Waals surface area contributed by atoms with Crippen molar-refractivity contribution < 1.29 is 9.59 Å². The largest absolute Gasteiger partial charge is 0.338 e. The highest BCUT2D eigenvalue weighted by molar-refractivity contribution is 5.99. The molecule has 0 unspecified atom stereocenters. The van der Waals surface area contributed by atoms with E-state index in [9.17, 15) is 14.4 Å². The van der Waals surface area contributed by atoms with Gasteiger partial charge in [-0.15, -0.1) is 0 Å². The Morgan fingerprint density at radius 2 is 1.78 bits per heavy atom. The number of carbonyl (C=O) groups excluding carboxylic acids is 2. The standard InChI is InChI=1S/C24H23N5O3/c30-22(17-5-4-10-25-12-17)28-13-16-11-18(15-28)21-9-8-20(23(31)29(21)14-16)27-24(32)26-19-6-2-1-3-7-19/h1-10,12,16,18H,11,13-15H2,(H2,26,27,32)/t16-,18-/m1/s1. The van der Waals surface area contributed by atoms with E-state index < -0.39 is 6.03 Å². The van der Waals surface area contributed by atoms with Gasteiger partial charge in [-0.25, -0.2) is 4.79 Å². The predicted molar refractivity (Wildman–Crippen MR) is 121 cm³/mol. The molecule has 8 nitrogen and oxygen atoms in total. The highest BCUT2D eigenvalue weighted by Crippen LogP contribution is 2.36. The number of fused-ring (bicyclic) bond motifs is 4. The van der Waals surface area contributed by atoms with Gasteiger partial charge in [0.05, 0.1) is 5.56 Å². The Morgan fingerprint density at radius 3 is 2.56 bits per heavy atom. The van der Waals surface area contributed by atoms with Crippen LogP contribution < -0.4 is 16.2 Å². The molecule has 0 spiro atoms. The molecule has 162 valence electrons. The van der Waals surface area contributed by atoms with E-state index in [0.717, 1.165) is 12.1 Å². The van der Waals surface area contributed by atoms with E-state index in [1.165, 1.54) is 0 Å². The minimum Gasteiger partial charge on any atom is -0.338 e. The van der Waals surface area contributed by atoms with Gasteiger partial charge in [0.2, 0.25) is 0 Å². The van der Waals surface area contributed by atoms with E-state index in [2.05, 4.69) is 15.6 Å². The molecule has 4 heterocycles. The van der Waals surface area contributed by atoms with Gasteiger partial charge < -0.3 is 20.1 Å². The minimum absolute atomic E-state index is 0.0283. The molecule has 8 heteroatoms. The fourth-order valence-corrected chi connectivity index (χ4v) is 4.68. The van der Waals surface area contributed by atoms with Crippen molar-refractivity contribution in [1.82, 2.24) is 14.5 Å². The number of urea groups is 1. The van der Waals surface area contributed by atoms with Crippen molar-refractivity contribution in [1.29, 1.82) is 0 Å². The number of benzene rings is 1. The van der Waals surface area contributed by atoms with Gasteiger partial charge in [0.25, 0.3) is 11.5 Å². The maximum atomic E-state index is 13.1. The van der Waals surface area contributed by atoms with Crippen molar-refractivity contribution in [2.24, 2.45) is 5.92 Å². The van der Waals surface area contributed by atoms with Crippen molar-refractivity contribution in [2.75, 3.05) is 23.7 Å². The van der Waals surface area contributed by atoms with Crippen molar-refractivity contribution in [2.45, 2.75) is 18.9 Å². The molecule has 0 radical (unpaired) electrons. The van der Waals surface area contributed by atoms with Crippen LogP contribution >= 0.6 is 0 Å². The molecule has 1 fully saturated rings. The number of pyridine rings is 2. The van der Waals surface area contributed by atoms with E-state index in [4.69, 9.17) is 0 Å². The zero-order valence-electron chi connectivity index (χ0n) is 17.4. The number of piperidine rings is 1. The summed E-state index contributed by atoms with van der Waals surface area (Å²) in [7, 11) is 0. The van der Waals surface area contributed by atoms with Crippen molar-refractivity contribution >= 4 is 23.3 Å². The van der Waals surface area contributed by atoms with Crippen molar-refractivity contribution in [3.63, 3.8) is 0 Å². The van der Waals surface area contributed by atoms with Crippen LogP contribution in [0.3, 0.4) is 0 Å². The summed E-state index contributed by atoms with van der Waals surface area (Å²) in [4.78, 5) is 44.2. The molecule has 1 aromatic carbocycles. The summed E-state index contributed by atoms with van der Waals surface area (Å²) in [6.07, 6.45) is 4.18. The fraction of sp³-hybridized carbons (Fsp3) is 0.250. The number of hydrogen-bond acceptors (Lipinski definition) is 4. The number of carbonyl (C=O) groups is 2. The second-order valence-electron chi connectivity index (χ2n) is 8.28. The van der Waals surface area contributed by atoms with Crippen LogP contribution in [0.25, 0.3) is 0 Å². The molecule has 0 aliphatic carbocycles. The lowest BCUT2D eigenvalue weighted by Crippen LogP contribution is -2.49. The first-order chi connectivity index (χ1) is 15.6. The van der Waals surface area contributed by atoms with E-state index in [0.29, 0.717) is 30.9 Å². The third-order valence-corrected chi connectivity index (χ3v) is 6.08. The summed E-state index contributed by atoms with van der Waals surface area (Å²) in [6, 6.07) is 15.7. The highest BCUT2D eigenvalue weighted by Gasteiger charge is 2.37. The van der Waals surface area contributed by atoms with E-state index in [1.54, 1.807) is 47.3 Å². The first kappa shape index (κ1) is 20.0. The Bertz CT molecular complexity index is 1210. The zero-order chi connectivity index (χ0) is 22.1. The second-order valence-corrected chi connectivity index (χ2v) is 8.28. The topological polar surface area (TPSA) is 96.3 Å². The van der Waals surface area contributed by atoms with Gasteiger partial charge in [0.1, 0.15) is 5.69 Å². The monoisotopic (exact) mass is 429 g/mol. The SMILES string of the molecule is O=C(Nc1ccccc1)Nc1ccc2n(c1=O)C[C@@H]1C[C@@H]2CN(C(=O)c2cccnc2)C1. The minimum atomic E-state index is -0.460. The summed E-state index contributed by atoms with van der Waals surface area (Å²) >= 11 is 0. The number of hydrogen-bond donors (Lipinski definition) is 2. The Balaban J connectivity index is 1.34. The van der Waals surface area contributed by atoms with Crippen LogP contribution in [0, 0.1) is 5.92 Å². The van der Waals surface area contributed by atoms with Gasteiger partial charge in [-0.1, -0.05) is 18.2 Å². The molecule has 0 saturated carbocycles. The van der Waals surface area contributed by atoms with Crippen LogP contribution in [0.15, 0.2) is 71.8 Å². The van der Waals surface area contributed by atoms with Gasteiger partial charge in [0.15, 0.2) is 0 Å². The Kier molecular flexibility index (Phi) is 5.18. The summed E-state index contributed by atoms with van der Waals surface area (Å²) in [5.41, 5.74) is 2.16. The number of anilines is 2. The molecule has 2 aliphatic rings. The summed E-state index contributed by atoms with van der Waals surface area (Å²) < 4.78 is 1.75.